The predicted molar refractivity (Wildman–Crippen MR) is 71.4 cm³/mol. The molecule has 1 aliphatic rings. The summed E-state index contributed by atoms with van der Waals surface area (Å²) in [5.74, 6) is 0.673. The minimum atomic E-state index is -0.428. The Labute approximate surface area is 110 Å². The molecule has 17 heavy (non-hydrogen) atoms. The van der Waals surface area contributed by atoms with Gasteiger partial charge in [-0.3, -0.25) is 0 Å². The summed E-state index contributed by atoms with van der Waals surface area (Å²) in [5.41, 5.74) is 7.83. The fraction of sp³-hybridized carbons (Fsp3) is 0.538. The van der Waals surface area contributed by atoms with E-state index in [-0.39, 0.29) is 5.75 Å². The molecule has 3 nitrogen and oxygen atoms in total. The molecule has 1 aromatic carbocycles. The smallest absolute Gasteiger partial charge is 0.163 e. The van der Waals surface area contributed by atoms with E-state index in [1.807, 2.05) is 13.0 Å². The van der Waals surface area contributed by atoms with Gasteiger partial charge >= 0.3 is 0 Å². The number of phenolic OH excluding ortho intramolecular Hbond substituents is 1. The average molecular weight is 300 g/mol. The van der Waals surface area contributed by atoms with Gasteiger partial charge in [-0.25, -0.2) is 0 Å². The third-order valence-electron chi connectivity index (χ3n) is 3.60. The van der Waals surface area contributed by atoms with E-state index in [1.165, 1.54) is 0 Å². The molecule has 1 aromatic rings. The van der Waals surface area contributed by atoms with Crippen molar-refractivity contribution < 1.29 is 9.84 Å². The van der Waals surface area contributed by atoms with Crippen LogP contribution in [0, 0.1) is 6.92 Å². The summed E-state index contributed by atoms with van der Waals surface area (Å²) in [6.45, 7) is 1.98. The van der Waals surface area contributed by atoms with E-state index in [4.69, 9.17) is 10.5 Å². The highest BCUT2D eigenvalue weighted by Crippen LogP contribution is 2.48. The second-order valence-electron chi connectivity index (χ2n) is 4.80. The van der Waals surface area contributed by atoms with Gasteiger partial charge in [-0.2, -0.15) is 0 Å². The van der Waals surface area contributed by atoms with E-state index in [0.29, 0.717) is 5.75 Å². The van der Waals surface area contributed by atoms with Crippen LogP contribution < -0.4 is 10.5 Å². The molecule has 0 amide bonds. The maximum Gasteiger partial charge on any atom is 0.163 e. The Hall–Kier alpha value is -0.740. The van der Waals surface area contributed by atoms with E-state index < -0.39 is 5.54 Å². The van der Waals surface area contributed by atoms with E-state index in [2.05, 4.69) is 15.9 Å². The van der Waals surface area contributed by atoms with Crippen LogP contribution in [-0.4, -0.2) is 12.2 Å². The van der Waals surface area contributed by atoms with Gasteiger partial charge in [0.15, 0.2) is 11.5 Å². The van der Waals surface area contributed by atoms with Gasteiger partial charge < -0.3 is 15.6 Å². The monoisotopic (exact) mass is 299 g/mol. The number of ether oxygens (including phenoxy) is 1. The molecule has 1 aliphatic carbocycles. The first-order valence-corrected chi connectivity index (χ1v) is 6.64. The standard InChI is InChI=1S/C13H18BrNO2/c1-8-7-9(17-2)12(16)10(11(8)14)13(15)5-3-4-6-13/h7,16H,3-6,15H2,1-2H3. The lowest BCUT2D eigenvalue weighted by Gasteiger charge is -2.28. The summed E-state index contributed by atoms with van der Waals surface area (Å²) in [6.07, 6.45) is 4.04. The zero-order valence-electron chi connectivity index (χ0n) is 10.2. The highest BCUT2D eigenvalue weighted by molar-refractivity contribution is 9.10. The van der Waals surface area contributed by atoms with Crippen molar-refractivity contribution in [3.8, 4) is 11.5 Å². The van der Waals surface area contributed by atoms with E-state index in [9.17, 15) is 5.11 Å². The van der Waals surface area contributed by atoms with Crippen molar-refractivity contribution in [1.29, 1.82) is 0 Å². The van der Waals surface area contributed by atoms with Gasteiger partial charge in [0.25, 0.3) is 0 Å². The highest BCUT2D eigenvalue weighted by atomic mass is 79.9. The molecule has 94 valence electrons. The van der Waals surface area contributed by atoms with E-state index in [1.54, 1.807) is 7.11 Å². The van der Waals surface area contributed by atoms with Gasteiger partial charge in [0.1, 0.15) is 0 Å². The molecule has 1 fully saturated rings. The van der Waals surface area contributed by atoms with Crippen LogP contribution in [0.25, 0.3) is 0 Å². The lowest BCUT2D eigenvalue weighted by Crippen LogP contribution is -2.33. The number of methoxy groups -OCH3 is 1. The number of halogens is 1. The van der Waals surface area contributed by atoms with Crippen LogP contribution in [0.1, 0.15) is 36.8 Å². The Morgan fingerprint density at radius 1 is 1.41 bits per heavy atom. The molecule has 4 heteroatoms. The van der Waals surface area contributed by atoms with Crippen LogP contribution in [0.15, 0.2) is 10.5 Å². The van der Waals surface area contributed by atoms with Crippen LogP contribution in [0.4, 0.5) is 0 Å². The summed E-state index contributed by atoms with van der Waals surface area (Å²) in [4.78, 5) is 0. The van der Waals surface area contributed by atoms with Gasteiger partial charge in [-0.05, 0) is 31.4 Å². The molecule has 3 N–H and O–H groups in total. The molecule has 1 saturated carbocycles. The van der Waals surface area contributed by atoms with Gasteiger partial charge in [0.2, 0.25) is 0 Å². The van der Waals surface area contributed by atoms with Crippen molar-refractivity contribution >= 4 is 15.9 Å². The number of aryl methyl sites for hydroxylation is 1. The molecule has 0 saturated heterocycles. The number of benzene rings is 1. The maximum atomic E-state index is 10.3. The number of nitrogens with two attached hydrogens (primary N) is 1. The number of rotatable bonds is 2. The summed E-state index contributed by atoms with van der Waals surface area (Å²) in [6, 6.07) is 1.82. The third kappa shape index (κ3) is 2.04. The zero-order chi connectivity index (χ0) is 12.6. The molecule has 0 spiro atoms. The molecular weight excluding hydrogens is 282 g/mol. The first-order chi connectivity index (χ1) is 7.99. The second kappa shape index (κ2) is 4.50. The molecule has 0 aromatic heterocycles. The lowest BCUT2D eigenvalue weighted by molar-refractivity contribution is 0.354. The zero-order valence-corrected chi connectivity index (χ0v) is 11.8. The SMILES string of the molecule is COc1cc(C)c(Br)c(C2(N)CCCC2)c1O. The first-order valence-electron chi connectivity index (χ1n) is 5.85. The number of hydrogen-bond donors (Lipinski definition) is 2. The summed E-state index contributed by atoms with van der Waals surface area (Å²) >= 11 is 3.54. The van der Waals surface area contributed by atoms with Crippen LogP contribution >= 0.6 is 15.9 Å². The predicted octanol–water partition coefficient (Wildman–Crippen LogP) is 3.20. The number of phenols is 1. The first kappa shape index (κ1) is 12.7. The minimum absolute atomic E-state index is 0.175. The van der Waals surface area contributed by atoms with Crippen molar-refractivity contribution in [2.45, 2.75) is 38.1 Å². The summed E-state index contributed by atoms with van der Waals surface area (Å²) < 4.78 is 6.10. The Balaban J connectivity index is 2.62. The Morgan fingerprint density at radius 3 is 2.53 bits per heavy atom. The van der Waals surface area contributed by atoms with Crippen LogP contribution in [0.5, 0.6) is 11.5 Å². The highest BCUT2D eigenvalue weighted by Gasteiger charge is 2.36. The lowest BCUT2D eigenvalue weighted by atomic mass is 9.87. The van der Waals surface area contributed by atoms with Crippen molar-refractivity contribution in [2.24, 2.45) is 5.73 Å². The molecule has 0 heterocycles. The van der Waals surface area contributed by atoms with Gasteiger partial charge in [0.05, 0.1) is 7.11 Å². The Bertz CT molecular complexity index is 440. The molecule has 0 aliphatic heterocycles. The molecule has 0 unspecified atom stereocenters. The van der Waals surface area contributed by atoms with Gasteiger partial charge in [-0.15, -0.1) is 0 Å². The summed E-state index contributed by atoms with van der Waals surface area (Å²) in [5, 5.41) is 10.3. The van der Waals surface area contributed by atoms with Gasteiger partial charge in [0, 0.05) is 15.6 Å². The molecule has 2 rings (SSSR count). The molecular formula is C13H18BrNO2. The largest absolute Gasteiger partial charge is 0.504 e. The number of hydrogen-bond acceptors (Lipinski definition) is 3. The fourth-order valence-electron chi connectivity index (χ4n) is 2.62. The van der Waals surface area contributed by atoms with Crippen LogP contribution in [-0.2, 0) is 5.54 Å². The third-order valence-corrected chi connectivity index (χ3v) is 4.62. The van der Waals surface area contributed by atoms with Crippen LogP contribution in [0.2, 0.25) is 0 Å². The van der Waals surface area contributed by atoms with Gasteiger partial charge in [-0.1, -0.05) is 28.8 Å². The Morgan fingerprint density at radius 2 is 2.00 bits per heavy atom. The van der Waals surface area contributed by atoms with E-state index >= 15 is 0 Å². The second-order valence-corrected chi connectivity index (χ2v) is 5.59. The topological polar surface area (TPSA) is 55.5 Å². The van der Waals surface area contributed by atoms with Crippen LogP contribution in [0.3, 0.4) is 0 Å². The quantitative estimate of drug-likeness (QED) is 0.882. The fourth-order valence-corrected chi connectivity index (χ4v) is 3.32. The summed E-state index contributed by atoms with van der Waals surface area (Å²) in [7, 11) is 1.56. The Kier molecular flexibility index (Phi) is 3.36. The average Bonchev–Trinajstić information content (AvgIpc) is 2.71. The maximum absolute atomic E-state index is 10.3. The molecule has 0 atom stereocenters. The van der Waals surface area contributed by atoms with E-state index in [0.717, 1.165) is 41.3 Å². The number of aromatic hydroxyl groups is 1. The molecule has 0 radical (unpaired) electrons. The minimum Gasteiger partial charge on any atom is -0.504 e. The van der Waals surface area contributed by atoms with Crippen molar-refractivity contribution in [3.05, 3.63) is 21.7 Å². The molecule has 0 bridgehead atoms. The van der Waals surface area contributed by atoms with Crippen molar-refractivity contribution in [1.82, 2.24) is 0 Å². The normalized spacial score (nSPS) is 18.4. The van der Waals surface area contributed by atoms with Crippen molar-refractivity contribution in [2.75, 3.05) is 7.11 Å². The van der Waals surface area contributed by atoms with Crippen molar-refractivity contribution in [3.63, 3.8) is 0 Å².